The molecule has 0 bridgehead atoms. The van der Waals surface area contributed by atoms with Crippen molar-refractivity contribution in [2.45, 2.75) is 11.6 Å². The third-order valence-corrected chi connectivity index (χ3v) is 3.87. The molecule has 0 saturated carbocycles. The van der Waals surface area contributed by atoms with Gasteiger partial charge in [-0.15, -0.1) is 0 Å². The molecule has 2 aromatic rings. The fourth-order valence-corrected chi connectivity index (χ4v) is 2.42. The second-order valence-electron chi connectivity index (χ2n) is 4.08. The molecule has 0 fully saturated rings. The Hall–Kier alpha value is -2.13. The second-order valence-corrected chi connectivity index (χ2v) is 6.59. The first-order valence-electron chi connectivity index (χ1n) is 5.59. The monoisotopic (exact) mass is 331 g/mol. The van der Waals surface area contributed by atoms with Gasteiger partial charge in [-0.25, -0.2) is 13.4 Å². The Balaban J connectivity index is 2.36. The predicted octanol–water partition coefficient (Wildman–Crippen LogP) is 1.78. The van der Waals surface area contributed by atoms with Crippen molar-refractivity contribution in [3.8, 4) is 5.75 Å². The largest absolute Gasteiger partial charge is 0.496 e. The standard InChI is InChI=1S/C11H10ClN3O5S/c1-20-10-3-2-9(15(16)17)4-8(10)5-14-6-11(13-7-14)21(12,18)19/h2-4,6-7H,5H2,1H3. The van der Waals surface area contributed by atoms with E-state index in [0.717, 1.165) is 0 Å². The van der Waals surface area contributed by atoms with Gasteiger partial charge in [-0.2, -0.15) is 0 Å². The van der Waals surface area contributed by atoms with Gasteiger partial charge in [-0.1, -0.05) is 0 Å². The molecule has 0 saturated heterocycles. The number of halogens is 1. The Morgan fingerprint density at radius 2 is 2.19 bits per heavy atom. The summed E-state index contributed by atoms with van der Waals surface area (Å²) in [6.07, 6.45) is 2.51. The summed E-state index contributed by atoms with van der Waals surface area (Å²) in [5, 5.41) is 10.5. The zero-order chi connectivity index (χ0) is 15.6. The van der Waals surface area contributed by atoms with Crippen molar-refractivity contribution in [3.63, 3.8) is 0 Å². The van der Waals surface area contributed by atoms with Gasteiger partial charge in [0.1, 0.15) is 5.75 Å². The van der Waals surface area contributed by atoms with Crippen molar-refractivity contribution in [2.75, 3.05) is 7.11 Å². The molecule has 21 heavy (non-hydrogen) atoms. The Morgan fingerprint density at radius 1 is 1.48 bits per heavy atom. The molecular weight excluding hydrogens is 322 g/mol. The normalized spacial score (nSPS) is 11.3. The number of non-ortho nitro benzene ring substituents is 1. The maximum absolute atomic E-state index is 11.1. The number of methoxy groups -OCH3 is 1. The molecule has 1 aromatic carbocycles. The summed E-state index contributed by atoms with van der Waals surface area (Å²) in [5.74, 6) is 0.449. The number of imidazole rings is 1. The fraction of sp³-hybridized carbons (Fsp3) is 0.182. The SMILES string of the molecule is COc1ccc([N+](=O)[O-])cc1Cn1cnc(S(=O)(=O)Cl)c1. The lowest BCUT2D eigenvalue weighted by Crippen LogP contribution is -2.01. The summed E-state index contributed by atoms with van der Waals surface area (Å²) in [4.78, 5) is 13.9. The summed E-state index contributed by atoms with van der Waals surface area (Å²) < 4.78 is 28.8. The van der Waals surface area contributed by atoms with E-state index in [1.807, 2.05) is 0 Å². The molecular formula is C11H10ClN3O5S. The van der Waals surface area contributed by atoms with Crippen LogP contribution in [0.2, 0.25) is 0 Å². The predicted molar refractivity (Wildman–Crippen MR) is 74.0 cm³/mol. The fourth-order valence-electron chi connectivity index (χ4n) is 1.75. The number of benzene rings is 1. The van der Waals surface area contributed by atoms with Crippen LogP contribution < -0.4 is 4.74 Å². The molecule has 0 amide bonds. The van der Waals surface area contributed by atoms with E-state index in [1.54, 1.807) is 0 Å². The highest BCUT2D eigenvalue weighted by molar-refractivity contribution is 8.13. The quantitative estimate of drug-likeness (QED) is 0.470. The molecule has 8 nitrogen and oxygen atoms in total. The maximum atomic E-state index is 11.1. The third-order valence-electron chi connectivity index (χ3n) is 2.69. The molecule has 0 atom stereocenters. The first kappa shape index (κ1) is 15.3. The molecule has 0 N–H and O–H groups in total. The Kier molecular flexibility index (Phi) is 4.14. The van der Waals surface area contributed by atoms with Gasteiger partial charge in [0.25, 0.3) is 14.7 Å². The molecule has 2 rings (SSSR count). The van der Waals surface area contributed by atoms with Crippen LogP contribution in [0.4, 0.5) is 5.69 Å². The summed E-state index contributed by atoms with van der Waals surface area (Å²) in [6, 6.07) is 4.15. The molecule has 10 heteroatoms. The highest BCUT2D eigenvalue weighted by atomic mass is 35.7. The van der Waals surface area contributed by atoms with Gasteiger partial charge in [0.2, 0.25) is 0 Å². The Bertz CT molecular complexity index is 787. The molecule has 0 radical (unpaired) electrons. The molecule has 0 spiro atoms. The van der Waals surface area contributed by atoms with Crippen LogP contribution in [0, 0.1) is 10.1 Å². The average Bonchev–Trinajstić information content (AvgIpc) is 2.87. The van der Waals surface area contributed by atoms with Crippen LogP contribution in [0.1, 0.15) is 5.56 Å². The summed E-state index contributed by atoms with van der Waals surface area (Å²) in [7, 11) is 2.71. The highest BCUT2D eigenvalue weighted by Crippen LogP contribution is 2.25. The third kappa shape index (κ3) is 3.50. The zero-order valence-electron chi connectivity index (χ0n) is 10.8. The van der Waals surface area contributed by atoms with Crippen molar-refractivity contribution < 1.29 is 18.1 Å². The second kappa shape index (κ2) is 5.70. The minimum atomic E-state index is -3.91. The van der Waals surface area contributed by atoms with Crippen LogP contribution in [-0.2, 0) is 15.6 Å². The van der Waals surface area contributed by atoms with Crippen molar-refractivity contribution >= 4 is 25.4 Å². The minimum absolute atomic E-state index is 0.0869. The van der Waals surface area contributed by atoms with Gasteiger partial charge in [0.15, 0.2) is 5.03 Å². The van der Waals surface area contributed by atoms with Gasteiger partial charge in [0, 0.05) is 34.6 Å². The molecule has 1 aromatic heterocycles. The topological polar surface area (TPSA) is 104 Å². The van der Waals surface area contributed by atoms with Gasteiger partial charge in [-0.3, -0.25) is 10.1 Å². The first-order valence-corrected chi connectivity index (χ1v) is 7.90. The lowest BCUT2D eigenvalue weighted by atomic mass is 10.1. The lowest BCUT2D eigenvalue weighted by Gasteiger charge is -2.08. The molecule has 0 aliphatic heterocycles. The summed E-state index contributed by atoms with van der Waals surface area (Å²) >= 11 is 0. The minimum Gasteiger partial charge on any atom is -0.496 e. The number of hydrogen-bond donors (Lipinski definition) is 0. The van der Waals surface area contributed by atoms with Crippen molar-refractivity contribution in [3.05, 3.63) is 46.4 Å². The van der Waals surface area contributed by atoms with E-state index >= 15 is 0 Å². The van der Waals surface area contributed by atoms with E-state index in [-0.39, 0.29) is 17.3 Å². The van der Waals surface area contributed by atoms with Gasteiger partial charge in [-0.05, 0) is 6.07 Å². The van der Waals surface area contributed by atoms with Crippen molar-refractivity contribution in [1.29, 1.82) is 0 Å². The number of aromatic nitrogens is 2. The van der Waals surface area contributed by atoms with Crippen LogP contribution in [0.5, 0.6) is 5.75 Å². The van der Waals surface area contributed by atoms with Crippen LogP contribution in [0.15, 0.2) is 35.7 Å². The van der Waals surface area contributed by atoms with E-state index in [9.17, 15) is 18.5 Å². The summed E-state index contributed by atoms with van der Waals surface area (Å²) in [6.45, 7) is 0.157. The van der Waals surface area contributed by atoms with Gasteiger partial charge in [0.05, 0.1) is 24.9 Å². The first-order chi connectivity index (χ1) is 9.81. The number of ether oxygens (including phenoxy) is 1. The smallest absolute Gasteiger partial charge is 0.280 e. The van der Waals surface area contributed by atoms with Crippen LogP contribution >= 0.6 is 10.7 Å². The molecule has 0 aliphatic rings. The molecule has 0 aliphatic carbocycles. The van der Waals surface area contributed by atoms with E-state index in [2.05, 4.69) is 4.98 Å². The number of hydrogen-bond acceptors (Lipinski definition) is 6. The maximum Gasteiger partial charge on any atom is 0.280 e. The highest BCUT2D eigenvalue weighted by Gasteiger charge is 2.15. The van der Waals surface area contributed by atoms with Gasteiger partial charge < -0.3 is 9.30 Å². The van der Waals surface area contributed by atoms with E-state index in [0.29, 0.717) is 11.3 Å². The van der Waals surface area contributed by atoms with Crippen molar-refractivity contribution in [2.24, 2.45) is 0 Å². The lowest BCUT2D eigenvalue weighted by molar-refractivity contribution is -0.384. The Morgan fingerprint density at radius 3 is 2.71 bits per heavy atom. The van der Waals surface area contributed by atoms with Crippen molar-refractivity contribution in [1.82, 2.24) is 9.55 Å². The summed E-state index contributed by atoms with van der Waals surface area (Å²) in [5.41, 5.74) is 0.429. The van der Waals surface area contributed by atoms with Gasteiger partial charge >= 0.3 is 0 Å². The number of nitrogens with zero attached hydrogens (tertiary/aromatic N) is 3. The van der Waals surface area contributed by atoms with Crippen LogP contribution in [0.3, 0.4) is 0 Å². The number of rotatable bonds is 5. The zero-order valence-corrected chi connectivity index (χ0v) is 12.3. The molecule has 1 heterocycles. The van der Waals surface area contributed by atoms with Crippen LogP contribution in [0.25, 0.3) is 0 Å². The average molecular weight is 332 g/mol. The molecule has 112 valence electrons. The van der Waals surface area contributed by atoms with Crippen LogP contribution in [-0.4, -0.2) is 30.0 Å². The Labute approximate surface area is 124 Å². The number of nitro groups is 1. The van der Waals surface area contributed by atoms with E-state index in [4.69, 9.17) is 15.4 Å². The van der Waals surface area contributed by atoms with E-state index in [1.165, 1.54) is 42.4 Å². The van der Waals surface area contributed by atoms with E-state index < -0.39 is 14.0 Å². The number of nitro benzene ring substituents is 1. The molecule has 0 unspecified atom stereocenters.